The lowest BCUT2D eigenvalue weighted by Gasteiger charge is -2.40. The molecule has 1 unspecified atom stereocenters. The molecule has 0 aliphatic carbocycles. The molecule has 0 saturated heterocycles. The van der Waals surface area contributed by atoms with Gasteiger partial charge in [-0.15, -0.1) is 0 Å². The summed E-state index contributed by atoms with van der Waals surface area (Å²) < 4.78 is 35.9. The molecule has 0 N–H and O–H groups in total. The van der Waals surface area contributed by atoms with Crippen LogP contribution in [0, 0.1) is 0 Å². The van der Waals surface area contributed by atoms with Gasteiger partial charge in [0.2, 0.25) is 0 Å². The fraction of sp³-hybridized carbons (Fsp3) is 0.440. The Kier molecular flexibility index (Phi) is 4.50. The number of ether oxygens (including phenoxy) is 6. The van der Waals surface area contributed by atoms with Crippen LogP contribution in [-0.2, 0) is 4.74 Å². The lowest BCUT2D eigenvalue weighted by Crippen LogP contribution is -2.37. The Morgan fingerprint density at radius 3 is 2.39 bits per heavy atom. The van der Waals surface area contributed by atoms with Crippen molar-refractivity contribution >= 4 is 11.3 Å². The highest BCUT2D eigenvalue weighted by Crippen LogP contribution is 2.53. The van der Waals surface area contributed by atoms with Crippen LogP contribution in [0.5, 0.6) is 28.7 Å². The largest absolute Gasteiger partial charge is 0.496 e. The quantitative estimate of drug-likeness (QED) is 0.688. The first-order valence-corrected chi connectivity index (χ1v) is 10.6. The molecule has 31 heavy (non-hydrogen) atoms. The van der Waals surface area contributed by atoms with Crippen LogP contribution in [0.15, 0.2) is 24.3 Å². The summed E-state index contributed by atoms with van der Waals surface area (Å²) in [7, 11) is 4.94. The van der Waals surface area contributed by atoms with Gasteiger partial charge in [0.1, 0.15) is 35.2 Å². The van der Waals surface area contributed by atoms with Crippen LogP contribution in [0.25, 0.3) is 11.3 Å². The molecule has 0 aromatic heterocycles. The van der Waals surface area contributed by atoms with Crippen molar-refractivity contribution in [2.45, 2.75) is 44.8 Å². The summed E-state index contributed by atoms with van der Waals surface area (Å²) in [6, 6.07) is 7.84. The van der Waals surface area contributed by atoms with Crippen LogP contribution in [0.2, 0.25) is 0 Å². The summed E-state index contributed by atoms with van der Waals surface area (Å²) in [5, 5.41) is 0. The van der Waals surface area contributed by atoms with E-state index in [0.29, 0.717) is 24.0 Å². The number of benzene rings is 2. The molecule has 164 valence electrons. The minimum absolute atomic E-state index is 0.205. The van der Waals surface area contributed by atoms with Gasteiger partial charge < -0.3 is 28.4 Å². The van der Waals surface area contributed by atoms with E-state index in [-0.39, 0.29) is 11.7 Å². The normalized spacial score (nSPS) is 22.5. The van der Waals surface area contributed by atoms with Gasteiger partial charge in [0.15, 0.2) is 17.6 Å². The van der Waals surface area contributed by atoms with E-state index in [1.165, 1.54) is 0 Å². The molecule has 0 radical (unpaired) electrons. The van der Waals surface area contributed by atoms with E-state index in [9.17, 15) is 0 Å². The summed E-state index contributed by atoms with van der Waals surface area (Å²) in [5.41, 5.74) is 3.68. The Morgan fingerprint density at radius 2 is 1.68 bits per heavy atom. The molecule has 6 heteroatoms. The summed E-state index contributed by atoms with van der Waals surface area (Å²) in [6.45, 7) is 6.86. The van der Waals surface area contributed by atoms with Gasteiger partial charge in [-0.25, -0.2) is 0 Å². The van der Waals surface area contributed by atoms with Gasteiger partial charge in [-0.3, -0.25) is 0 Å². The molecule has 0 bridgehead atoms. The van der Waals surface area contributed by atoms with Crippen LogP contribution in [0.1, 0.15) is 49.8 Å². The fourth-order valence-corrected chi connectivity index (χ4v) is 5.10. The van der Waals surface area contributed by atoms with Crippen molar-refractivity contribution in [1.82, 2.24) is 0 Å². The number of rotatable bonds is 3. The molecule has 3 aliphatic heterocycles. The van der Waals surface area contributed by atoms with Gasteiger partial charge in [-0.1, -0.05) is 6.92 Å². The standard InChI is InChI=1S/C25H28O6/c1-13-11-25(2,3)31-16-8-7-14-23(28-6)22-15-9-18(26-4)19(27-5)10-17(15)29-12-20(22)30-24(14)21(13)16/h7-10,13,20H,11-12H2,1-6H3/t13?,20-/m1/s1. The van der Waals surface area contributed by atoms with Crippen LogP contribution in [-0.4, -0.2) is 39.6 Å². The second-order valence-electron chi connectivity index (χ2n) is 8.89. The maximum Gasteiger partial charge on any atom is 0.164 e. The van der Waals surface area contributed by atoms with Gasteiger partial charge in [-0.05, 0) is 44.4 Å². The Balaban J connectivity index is 1.72. The molecule has 0 spiro atoms. The zero-order valence-corrected chi connectivity index (χ0v) is 18.8. The lowest BCUT2D eigenvalue weighted by atomic mass is 9.82. The summed E-state index contributed by atoms with van der Waals surface area (Å²) >= 11 is 0. The molecule has 2 aromatic carbocycles. The van der Waals surface area contributed by atoms with Gasteiger partial charge >= 0.3 is 0 Å². The molecule has 0 saturated carbocycles. The number of methoxy groups -OCH3 is 3. The maximum atomic E-state index is 6.58. The van der Waals surface area contributed by atoms with E-state index < -0.39 is 0 Å². The highest BCUT2D eigenvalue weighted by Gasteiger charge is 2.41. The first-order valence-electron chi connectivity index (χ1n) is 10.6. The average Bonchev–Trinajstić information content (AvgIpc) is 2.74. The SMILES string of the molecule is COC1=C2c3cc(OC)c(OC)cc3OC[C@H]2Oc2c1ccc1c2C(C)CC(C)(C)O1. The van der Waals surface area contributed by atoms with E-state index >= 15 is 0 Å². The smallest absolute Gasteiger partial charge is 0.164 e. The molecular weight excluding hydrogens is 396 g/mol. The molecule has 2 atom stereocenters. The monoisotopic (exact) mass is 424 g/mol. The number of fused-ring (bicyclic) bond motifs is 6. The van der Waals surface area contributed by atoms with Gasteiger partial charge in [0, 0.05) is 22.8 Å². The van der Waals surface area contributed by atoms with E-state index in [0.717, 1.165) is 51.7 Å². The first-order chi connectivity index (χ1) is 14.9. The zero-order valence-electron chi connectivity index (χ0n) is 18.8. The van der Waals surface area contributed by atoms with Crippen molar-refractivity contribution in [1.29, 1.82) is 0 Å². The van der Waals surface area contributed by atoms with Gasteiger partial charge in [0.05, 0.1) is 26.9 Å². The highest BCUT2D eigenvalue weighted by molar-refractivity contribution is 5.96. The Hall–Kier alpha value is -3.02. The van der Waals surface area contributed by atoms with Crippen molar-refractivity contribution in [2.75, 3.05) is 27.9 Å². The van der Waals surface area contributed by atoms with Crippen LogP contribution in [0.3, 0.4) is 0 Å². The predicted octanol–water partition coefficient (Wildman–Crippen LogP) is 5.04. The van der Waals surface area contributed by atoms with E-state index in [1.807, 2.05) is 24.3 Å². The second-order valence-corrected chi connectivity index (χ2v) is 8.89. The molecule has 6 nitrogen and oxygen atoms in total. The summed E-state index contributed by atoms with van der Waals surface area (Å²) in [4.78, 5) is 0. The number of hydrogen-bond acceptors (Lipinski definition) is 6. The number of hydrogen-bond donors (Lipinski definition) is 0. The molecule has 3 heterocycles. The third-order valence-corrected chi connectivity index (χ3v) is 6.27. The Bertz CT molecular complexity index is 1080. The first kappa shape index (κ1) is 19.9. The third-order valence-electron chi connectivity index (χ3n) is 6.27. The van der Waals surface area contributed by atoms with Gasteiger partial charge in [-0.2, -0.15) is 0 Å². The van der Waals surface area contributed by atoms with Crippen LogP contribution >= 0.6 is 0 Å². The minimum Gasteiger partial charge on any atom is -0.496 e. The predicted molar refractivity (Wildman–Crippen MR) is 117 cm³/mol. The van der Waals surface area contributed by atoms with Crippen molar-refractivity contribution in [3.63, 3.8) is 0 Å². The molecule has 0 amide bonds. The van der Waals surface area contributed by atoms with Crippen molar-refractivity contribution < 1.29 is 28.4 Å². The highest BCUT2D eigenvalue weighted by atomic mass is 16.5. The molecule has 3 aliphatic rings. The average molecular weight is 424 g/mol. The van der Waals surface area contributed by atoms with E-state index in [4.69, 9.17) is 28.4 Å². The lowest BCUT2D eigenvalue weighted by molar-refractivity contribution is 0.0713. The Labute approximate surface area is 182 Å². The molecular formula is C25H28O6. The fourth-order valence-electron chi connectivity index (χ4n) is 5.10. The summed E-state index contributed by atoms with van der Waals surface area (Å²) in [5.74, 6) is 4.79. The van der Waals surface area contributed by atoms with E-state index in [1.54, 1.807) is 21.3 Å². The molecule has 5 rings (SSSR count). The third kappa shape index (κ3) is 2.99. The second kappa shape index (κ2) is 7.01. The summed E-state index contributed by atoms with van der Waals surface area (Å²) in [6.07, 6.45) is 0.626. The zero-order chi connectivity index (χ0) is 21.9. The van der Waals surface area contributed by atoms with Gasteiger partial charge in [0.25, 0.3) is 0 Å². The van der Waals surface area contributed by atoms with Crippen LogP contribution < -0.4 is 23.7 Å². The van der Waals surface area contributed by atoms with Crippen molar-refractivity contribution in [3.8, 4) is 28.7 Å². The topological polar surface area (TPSA) is 55.4 Å². The minimum atomic E-state index is -0.290. The van der Waals surface area contributed by atoms with Crippen molar-refractivity contribution in [2.24, 2.45) is 0 Å². The van der Waals surface area contributed by atoms with E-state index in [2.05, 4.69) is 20.8 Å². The maximum absolute atomic E-state index is 6.58. The Morgan fingerprint density at radius 1 is 0.935 bits per heavy atom. The molecule has 0 fully saturated rings. The molecule has 2 aromatic rings. The van der Waals surface area contributed by atoms with Crippen molar-refractivity contribution in [3.05, 3.63) is 41.0 Å². The van der Waals surface area contributed by atoms with Crippen LogP contribution in [0.4, 0.5) is 0 Å².